The number of H-pyrrole nitrogens is 1. The summed E-state index contributed by atoms with van der Waals surface area (Å²) >= 11 is 0. The van der Waals surface area contributed by atoms with E-state index < -0.39 is 44.5 Å². The van der Waals surface area contributed by atoms with Crippen molar-refractivity contribution in [3.8, 4) is 11.1 Å². The molecule has 0 spiro atoms. The molecule has 0 unspecified atom stereocenters. The molecule has 2 aromatic heterocycles. The van der Waals surface area contributed by atoms with Crippen LogP contribution in [0.2, 0.25) is 0 Å². The van der Waals surface area contributed by atoms with Crippen molar-refractivity contribution in [3.05, 3.63) is 77.1 Å². The third kappa shape index (κ3) is 7.08. The Balaban J connectivity index is 1.39. The van der Waals surface area contributed by atoms with Gasteiger partial charge in [0.2, 0.25) is 5.78 Å². The lowest BCUT2D eigenvalue weighted by molar-refractivity contribution is 0.0240. The number of aryl methyl sites for hydroxylation is 1. The van der Waals surface area contributed by atoms with Crippen molar-refractivity contribution in [3.63, 3.8) is 0 Å². The van der Waals surface area contributed by atoms with Crippen molar-refractivity contribution in [2.75, 3.05) is 49.4 Å². The van der Waals surface area contributed by atoms with Crippen LogP contribution >= 0.6 is 0 Å². The van der Waals surface area contributed by atoms with Crippen LogP contribution in [0.15, 0.2) is 48.8 Å². The second kappa shape index (κ2) is 12.9. The van der Waals surface area contributed by atoms with Crippen molar-refractivity contribution < 1.29 is 31.5 Å². The van der Waals surface area contributed by atoms with Gasteiger partial charge in [0.15, 0.2) is 5.82 Å². The zero-order valence-electron chi connectivity index (χ0n) is 27.1. The number of hydrogen-bond acceptors (Lipinski definition) is 7. The number of ketones is 1. The highest BCUT2D eigenvalue weighted by Crippen LogP contribution is 2.32. The van der Waals surface area contributed by atoms with Gasteiger partial charge in [-0.25, -0.2) is 18.6 Å². The Morgan fingerprint density at radius 1 is 1.06 bits per heavy atom. The molecule has 5 rings (SSSR count). The Kier molecular flexibility index (Phi) is 9.29. The molecular weight excluding hydrogens is 630 g/mol. The first-order valence-electron chi connectivity index (χ1n) is 15.2. The zero-order chi connectivity index (χ0) is 34.3. The molecule has 0 saturated carbocycles. The Morgan fingerprint density at radius 2 is 1.77 bits per heavy atom. The van der Waals surface area contributed by atoms with E-state index in [9.17, 15) is 22.4 Å². The molecule has 0 atom stereocenters. The summed E-state index contributed by atoms with van der Waals surface area (Å²) in [4.78, 5) is 37.3. The fraction of sp³-hybridized carbons (Fsp3) is 0.364. The number of hydrogen-bond donors (Lipinski definition) is 2. The summed E-state index contributed by atoms with van der Waals surface area (Å²) in [5.74, 6) is -3.41. The lowest BCUT2D eigenvalue weighted by Crippen LogP contribution is -2.50. The van der Waals surface area contributed by atoms with E-state index in [0.29, 0.717) is 42.8 Å². The maximum atomic E-state index is 15.5. The molecule has 11 nitrogen and oxygen atoms in total. The molecule has 2 aromatic carbocycles. The number of carbonyl (C=O) groups is 2. The molecule has 2 N–H and O–H groups in total. The van der Waals surface area contributed by atoms with Gasteiger partial charge < -0.3 is 19.5 Å². The molecule has 1 fully saturated rings. The average Bonchev–Trinajstić information content (AvgIpc) is 3.44. The van der Waals surface area contributed by atoms with E-state index in [0.717, 1.165) is 33.3 Å². The zero-order valence-corrected chi connectivity index (χ0v) is 28.0. The summed E-state index contributed by atoms with van der Waals surface area (Å²) in [6, 6.07) is 9.43. The number of pyridine rings is 1. The second-order valence-electron chi connectivity index (χ2n) is 12.4. The monoisotopic (exact) mass is 668 g/mol. The molecule has 0 bridgehead atoms. The fourth-order valence-corrected chi connectivity index (χ4v) is 6.29. The van der Waals surface area contributed by atoms with Crippen molar-refractivity contribution in [2.45, 2.75) is 40.2 Å². The normalized spacial score (nSPS) is 14.1. The molecule has 47 heavy (non-hydrogen) atoms. The number of aromatic nitrogens is 2. The molecule has 1 saturated heterocycles. The van der Waals surface area contributed by atoms with Gasteiger partial charge in [0.25, 0.3) is 0 Å². The minimum absolute atomic E-state index is 0.0194. The van der Waals surface area contributed by atoms with E-state index in [1.165, 1.54) is 13.2 Å². The third-order valence-corrected chi connectivity index (χ3v) is 9.55. The average molecular weight is 669 g/mol. The molecule has 14 heteroatoms. The van der Waals surface area contributed by atoms with E-state index in [1.807, 2.05) is 45.9 Å². The van der Waals surface area contributed by atoms with Crippen LogP contribution in [0.25, 0.3) is 22.2 Å². The number of piperazine rings is 1. The maximum absolute atomic E-state index is 15.5. The van der Waals surface area contributed by atoms with Gasteiger partial charge in [-0.3, -0.25) is 9.52 Å². The number of ether oxygens (including phenoxy) is 1. The first kappa shape index (κ1) is 33.8. The largest absolute Gasteiger partial charge is 0.444 e. The number of carbonyl (C=O) groups excluding carboxylic acids is 2. The molecule has 1 aliphatic heterocycles. The molecule has 0 aliphatic carbocycles. The molecule has 0 radical (unpaired) electrons. The summed E-state index contributed by atoms with van der Waals surface area (Å²) in [5, 5.41) is 0.350. The molecule has 3 heterocycles. The molecule has 1 aliphatic rings. The predicted octanol–water partition coefficient (Wildman–Crippen LogP) is 5.71. The molecule has 4 aromatic rings. The van der Waals surface area contributed by atoms with Gasteiger partial charge in [0.05, 0.1) is 11.3 Å². The number of aromatic amines is 1. The maximum Gasteiger partial charge on any atom is 0.410 e. The van der Waals surface area contributed by atoms with Gasteiger partial charge in [-0.1, -0.05) is 13.0 Å². The summed E-state index contributed by atoms with van der Waals surface area (Å²) < 4.78 is 63.9. The standard InChI is InChI=1S/C33H38F2N6O5S/c1-7-39(6)47(44,45)38-26-10-9-25(34)28(29(26)35)30(42)24-19-37-31-23(24)17-22(18-36-31)21-8-11-27(20(2)16-21)40-12-14-41(15-13-40)32(43)46-33(3,4)5/h8-11,16-19,38H,7,12-15H2,1-6H3,(H,36,37). The van der Waals surface area contributed by atoms with E-state index >= 15 is 4.39 Å². The smallest absolute Gasteiger partial charge is 0.410 e. The van der Waals surface area contributed by atoms with E-state index in [1.54, 1.807) is 24.1 Å². The molecule has 250 valence electrons. The summed E-state index contributed by atoms with van der Waals surface area (Å²) in [6.45, 7) is 11.6. The highest BCUT2D eigenvalue weighted by Gasteiger charge is 2.28. The van der Waals surface area contributed by atoms with Crippen LogP contribution in [-0.4, -0.2) is 84.8 Å². The quantitative estimate of drug-likeness (QED) is 0.230. The number of rotatable bonds is 8. The first-order valence-corrected chi connectivity index (χ1v) is 16.6. The van der Waals surface area contributed by atoms with Crippen molar-refractivity contribution in [2.24, 2.45) is 0 Å². The van der Waals surface area contributed by atoms with Gasteiger partial charge in [0.1, 0.15) is 17.1 Å². The topological polar surface area (TPSA) is 128 Å². The van der Waals surface area contributed by atoms with Gasteiger partial charge in [-0.05, 0) is 69.2 Å². The van der Waals surface area contributed by atoms with Crippen LogP contribution in [0.4, 0.5) is 25.0 Å². The summed E-state index contributed by atoms with van der Waals surface area (Å²) in [5.41, 5.74) is 1.86. The highest BCUT2D eigenvalue weighted by molar-refractivity contribution is 7.90. The van der Waals surface area contributed by atoms with Crippen LogP contribution in [0.1, 0.15) is 49.2 Å². The Bertz CT molecular complexity index is 1950. The Hall–Kier alpha value is -4.56. The summed E-state index contributed by atoms with van der Waals surface area (Å²) in [6.07, 6.45) is 2.65. The SMILES string of the molecule is CCN(C)S(=O)(=O)Nc1ccc(F)c(C(=O)c2c[nH]c3ncc(-c4ccc(N5CCN(C(=O)OC(C)(C)C)CC5)c(C)c4)cc23)c1F. The van der Waals surface area contributed by atoms with Crippen LogP contribution < -0.4 is 9.62 Å². The van der Waals surface area contributed by atoms with Crippen molar-refractivity contribution >= 4 is 44.5 Å². The first-order chi connectivity index (χ1) is 22.1. The Labute approximate surface area is 272 Å². The van der Waals surface area contributed by atoms with E-state index in [2.05, 4.69) is 19.6 Å². The van der Waals surface area contributed by atoms with Crippen molar-refractivity contribution in [1.29, 1.82) is 0 Å². The van der Waals surface area contributed by atoms with Crippen molar-refractivity contribution in [1.82, 2.24) is 19.2 Å². The fourth-order valence-electron chi connectivity index (χ4n) is 5.36. The number of halogens is 2. The van der Waals surface area contributed by atoms with Gasteiger partial charge in [0, 0.05) is 74.4 Å². The highest BCUT2D eigenvalue weighted by atomic mass is 32.2. The minimum Gasteiger partial charge on any atom is -0.444 e. The van der Waals surface area contributed by atoms with E-state index in [4.69, 9.17) is 4.74 Å². The number of fused-ring (bicyclic) bond motifs is 1. The van der Waals surface area contributed by atoms with Crippen LogP contribution in [0, 0.1) is 18.6 Å². The lowest BCUT2D eigenvalue weighted by atomic mass is 9.99. The van der Waals surface area contributed by atoms with Gasteiger partial charge >= 0.3 is 16.3 Å². The van der Waals surface area contributed by atoms with Crippen LogP contribution in [-0.2, 0) is 14.9 Å². The van der Waals surface area contributed by atoms with Gasteiger partial charge in [-0.15, -0.1) is 0 Å². The summed E-state index contributed by atoms with van der Waals surface area (Å²) in [7, 11) is -2.82. The minimum atomic E-state index is -4.12. The van der Waals surface area contributed by atoms with Crippen LogP contribution in [0.5, 0.6) is 0 Å². The van der Waals surface area contributed by atoms with Gasteiger partial charge in [-0.2, -0.15) is 12.7 Å². The number of nitrogens with one attached hydrogen (secondary N) is 2. The number of benzene rings is 2. The third-order valence-electron chi connectivity index (χ3n) is 7.99. The number of anilines is 2. The lowest BCUT2D eigenvalue weighted by Gasteiger charge is -2.37. The number of amides is 1. The Morgan fingerprint density at radius 3 is 2.40 bits per heavy atom. The molecular formula is C33H38F2N6O5S. The predicted molar refractivity (Wildman–Crippen MR) is 177 cm³/mol. The molecule has 1 amide bonds. The second-order valence-corrected chi connectivity index (χ2v) is 14.2. The van der Waals surface area contributed by atoms with E-state index in [-0.39, 0.29) is 18.2 Å². The number of nitrogens with zero attached hydrogens (tertiary/aromatic N) is 4. The van der Waals surface area contributed by atoms with Crippen LogP contribution in [0.3, 0.4) is 0 Å².